The van der Waals surface area contributed by atoms with Gasteiger partial charge in [0.25, 0.3) is 5.56 Å². The van der Waals surface area contributed by atoms with Crippen LogP contribution in [0.3, 0.4) is 0 Å². The second-order valence-electron chi connectivity index (χ2n) is 7.64. The summed E-state index contributed by atoms with van der Waals surface area (Å²) in [5, 5.41) is 3.64. The predicted molar refractivity (Wildman–Crippen MR) is 127 cm³/mol. The Kier molecular flexibility index (Phi) is 5.40. The molecule has 6 nitrogen and oxygen atoms in total. The molecule has 0 aliphatic heterocycles. The molecule has 0 unspecified atom stereocenters. The fourth-order valence-corrected chi connectivity index (χ4v) is 4.11. The summed E-state index contributed by atoms with van der Waals surface area (Å²) in [7, 11) is 0. The van der Waals surface area contributed by atoms with Crippen molar-refractivity contribution in [1.29, 1.82) is 0 Å². The topological polar surface area (TPSA) is 68.9 Å². The van der Waals surface area contributed by atoms with Crippen LogP contribution in [0.2, 0.25) is 5.02 Å². The molecule has 1 N–H and O–H groups in total. The van der Waals surface area contributed by atoms with Crippen LogP contribution in [0, 0.1) is 5.82 Å². The summed E-state index contributed by atoms with van der Waals surface area (Å²) in [6.45, 7) is 0.160. The van der Waals surface area contributed by atoms with Gasteiger partial charge in [0.05, 0.1) is 29.1 Å². The maximum atomic E-state index is 14.0. The van der Waals surface area contributed by atoms with Gasteiger partial charge >= 0.3 is 0 Å². The van der Waals surface area contributed by atoms with Crippen LogP contribution in [0.5, 0.6) is 0 Å². The van der Waals surface area contributed by atoms with E-state index in [1.165, 1.54) is 23.0 Å². The van der Waals surface area contributed by atoms with Crippen molar-refractivity contribution in [1.82, 2.24) is 14.1 Å². The van der Waals surface area contributed by atoms with Crippen molar-refractivity contribution in [2.45, 2.75) is 13.1 Å². The minimum Gasteiger partial charge on any atom is -0.325 e. The highest BCUT2D eigenvalue weighted by atomic mass is 35.5. The van der Waals surface area contributed by atoms with Crippen LogP contribution in [0.4, 0.5) is 10.1 Å². The van der Waals surface area contributed by atoms with Crippen molar-refractivity contribution in [3.05, 3.63) is 106 Å². The normalized spacial score (nSPS) is 11.2. The fourth-order valence-electron chi connectivity index (χ4n) is 3.93. The summed E-state index contributed by atoms with van der Waals surface area (Å²) in [6, 6.07) is 20.6. The molecule has 0 aliphatic rings. The number of nitrogens with zero attached hydrogens (tertiary/aromatic N) is 3. The van der Waals surface area contributed by atoms with Gasteiger partial charge in [-0.2, -0.15) is 0 Å². The van der Waals surface area contributed by atoms with E-state index in [1.54, 1.807) is 34.9 Å². The SMILES string of the molecule is O=C(Cn1c2ccc(F)cc2c2ncn(Cc3ccccc3)c(=O)c21)Nc1ccccc1Cl. The number of halogens is 2. The zero-order valence-corrected chi connectivity index (χ0v) is 18.1. The van der Waals surface area contributed by atoms with Gasteiger partial charge in [-0.25, -0.2) is 9.37 Å². The summed E-state index contributed by atoms with van der Waals surface area (Å²) < 4.78 is 17.1. The predicted octanol–water partition coefficient (Wildman–Crippen LogP) is 4.83. The van der Waals surface area contributed by atoms with Gasteiger partial charge in [0.2, 0.25) is 5.91 Å². The van der Waals surface area contributed by atoms with Crippen LogP contribution in [-0.2, 0) is 17.9 Å². The Morgan fingerprint density at radius 2 is 1.79 bits per heavy atom. The lowest BCUT2D eigenvalue weighted by Gasteiger charge is -2.10. The molecule has 0 saturated heterocycles. The molecule has 3 aromatic carbocycles. The Morgan fingerprint density at radius 1 is 1.03 bits per heavy atom. The first-order valence-corrected chi connectivity index (χ1v) is 10.6. The smallest absolute Gasteiger partial charge is 0.278 e. The van der Waals surface area contributed by atoms with Crippen molar-refractivity contribution < 1.29 is 9.18 Å². The van der Waals surface area contributed by atoms with Gasteiger partial charge in [-0.15, -0.1) is 0 Å². The number of anilines is 1. The zero-order valence-electron chi connectivity index (χ0n) is 17.3. The first-order valence-electron chi connectivity index (χ1n) is 10.3. The van der Waals surface area contributed by atoms with Gasteiger partial charge < -0.3 is 9.88 Å². The van der Waals surface area contributed by atoms with E-state index in [0.717, 1.165) is 5.56 Å². The van der Waals surface area contributed by atoms with E-state index in [1.807, 2.05) is 30.3 Å². The van der Waals surface area contributed by atoms with Crippen LogP contribution >= 0.6 is 11.6 Å². The van der Waals surface area contributed by atoms with Gasteiger partial charge in [0.1, 0.15) is 23.4 Å². The average molecular weight is 461 g/mol. The highest BCUT2D eigenvalue weighted by Gasteiger charge is 2.19. The molecule has 2 aromatic heterocycles. The van der Waals surface area contributed by atoms with Gasteiger partial charge in [-0.1, -0.05) is 54.1 Å². The highest BCUT2D eigenvalue weighted by Crippen LogP contribution is 2.27. The van der Waals surface area contributed by atoms with E-state index in [4.69, 9.17) is 11.6 Å². The number of amides is 1. The zero-order chi connectivity index (χ0) is 22.9. The van der Waals surface area contributed by atoms with Gasteiger partial charge in [-0.05, 0) is 35.9 Å². The number of carbonyl (C=O) groups excluding carboxylic acids is 1. The number of aromatic nitrogens is 3. The molecule has 0 fully saturated rings. The van der Waals surface area contributed by atoms with E-state index < -0.39 is 5.82 Å². The van der Waals surface area contributed by atoms with Gasteiger partial charge in [0.15, 0.2) is 0 Å². The summed E-state index contributed by atoms with van der Waals surface area (Å²) in [4.78, 5) is 30.8. The number of fused-ring (bicyclic) bond motifs is 3. The monoisotopic (exact) mass is 460 g/mol. The molecule has 0 aliphatic carbocycles. The number of hydrogen-bond acceptors (Lipinski definition) is 3. The summed E-state index contributed by atoms with van der Waals surface area (Å²) in [6.07, 6.45) is 1.45. The Bertz CT molecular complexity index is 1560. The van der Waals surface area contributed by atoms with Gasteiger partial charge in [0, 0.05) is 5.39 Å². The molecule has 2 heterocycles. The third kappa shape index (κ3) is 3.99. The Morgan fingerprint density at radius 3 is 2.58 bits per heavy atom. The molecule has 33 heavy (non-hydrogen) atoms. The molecule has 5 rings (SSSR count). The maximum Gasteiger partial charge on any atom is 0.278 e. The standard InChI is InChI=1S/C25H18ClFN4O2/c26-19-8-4-5-9-20(19)29-22(32)14-31-21-11-10-17(27)12-18(21)23-24(31)25(33)30(15-28-23)13-16-6-2-1-3-7-16/h1-12,15H,13-14H2,(H,29,32). The Balaban J connectivity index is 1.62. The molecule has 8 heteroatoms. The first-order chi connectivity index (χ1) is 16.0. The van der Waals surface area contributed by atoms with Crippen LogP contribution in [0.25, 0.3) is 21.9 Å². The molecular weight excluding hydrogens is 443 g/mol. The van der Waals surface area contributed by atoms with E-state index in [-0.39, 0.29) is 23.5 Å². The average Bonchev–Trinajstić information content (AvgIpc) is 3.11. The highest BCUT2D eigenvalue weighted by molar-refractivity contribution is 6.33. The molecule has 0 bridgehead atoms. The molecule has 5 aromatic rings. The lowest BCUT2D eigenvalue weighted by Crippen LogP contribution is -2.25. The van der Waals surface area contributed by atoms with E-state index in [9.17, 15) is 14.0 Å². The van der Waals surface area contributed by atoms with Crippen molar-refractivity contribution in [3.63, 3.8) is 0 Å². The molecular formula is C25H18ClFN4O2. The van der Waals surface area contributed by atoms with E-state index in [0.29, 0.717) is 33.7 Å². The lowest BCUT2D eigenvalue weighted by atomic mass is 10.2. The maximum absolute atomic E-state index is 14.0. The van der Waals surface area contributed by atoms with Gasteiger partial charge in [-0.3, -0.25) is 14.2 Å². The Hall–Kier alpha value is -3.97. The largest absolute Gasteiger partial charge is 0.325 e. The lowest BCUT2D eigenvalue weighted by molar-refractivity contribution is -0.116. The number of rotatable bonds is 5. The molecule has 0 atom stereocenters. The molecule has 1 amide bonds. The summed E-state index contributed by atoms with van der Waals surface area (Å²) >= 11 is 6.15. The number of nitrogens with one attached hydrogen (secondary N) is 1. The van der Waals surface area contributed by atoms with Crippen LogP contribution in [-0.4, -0.2) is 20.0 Å². The fraction of sp³-hybridized carbons (Fsp3) is 0.0800. The van der Waals surface area contributed by atoms with Crippen LogP contribution < -0.4 is 10.9 Å². The van der Waals surface area contributed by atoms with Crippen molar-refractivity contribution in [2.75, 3.05) is 5.32 Å². The second kappa shape index (κ2) is 8.52. The number of carbonyl (C=O) groups is 1. The van der Waals surface area contributed by atoms with Crippen LogP contribution in [0.1, 0.15) is 5.56 Å². The third-order valence-corrected chi connectivity index (χ3v) is 5.76. The summed E-state index contributed by atoms with van der Waals surface area (Å²) in [5.41, 5.74) is 2.22. The van der Waals surface area contributed by atoms with Crippen molar-refractivity contribution in [2.24, 2.45) is 0 Å². The molecule has 0 spiro atoms. The molecule has 0 saturated carbocycles. The minimum atomic E-state index is -0.447. The summed E-state index contributed by atoms with van der Waals surface area (Å²) in [5.74, 6) is -0.818. The minimum absolute atomic E-state index is 0.164. The molecule has 0 radical (unpaired) electrons. The van der Waals surface area contributed by atoms with Crippen molar-refractivity contribution in [3.8, 4) is 0 Å². The third-order valence-electron chi connectivity index (χ3n) is 5.43. The quantitative estimate of drug-likeness (QED) is 0.408. The van der Waals surface area contributed by atoms with E-state index in [2.05, 4.69) is 10.3 Å². The number of benzene rings is 3. The molecule has 164 valence electrons. The van der Waals surface area contributed by atoms with E-state index >= 15 is 0 Å². The first kappa shape index (κ1) is 20.9. The number of hydrogen-bond donors (Lipinski definition) is 1. The Labute approximate surface area is 192 Å². The van der Waals surface area contributed by atoms with Crippen LogP contribution in [0.15, 0.2) is 83.9 Å². The number of para-hydroxylation sites is 1. The van der Waals surface area contributed by atoms with Crippen molar-refractivity contribution >= 4 is 45.1 Å². The second-order valence-corrected chi connectivity index (χ2v) is 8.04.